The van der Waals surface area contributed by atoms with E-state index in [9.17, 15) is 4.79 Å². The summed E-state index contributed by atoms with van der Waals surface area (Å²) in [6, 6.07) is 24.9. The number of imidazole rings is 1. The van der Waals surface area contributed by atoms with Gasteiger partial charge in [0.2, 0.25) is 0 Å². The standard InChI is InChI=1S/C36H38N6O2/c1-23-19-27(28-21-41(22-28)20-24-10-12-26(13-11-24)36(43)44-2)14-17-32(23)42-34(29-9-6-18-38-33(29)37)40-31-16-15-30(39-35(31)42)25-7-4-3-5-8-25/h3-9,14-19,24,26,28H,10-13,20-22H2,1-2H3,(H2,37,38). The molecule has 0 radical (unpaired) electrons. The number of fused-ring (bicyclic) bond motifs is 1. The highest BCUT2D eigenvalue weighted by Gasteiger charge is 2.33. The van der Waals surface area contributed by atoms with Crippen LogP contribution >= 0.6 is 0 Å². The quantitative estimate of drug-likeness (QED) is 0.220. The van der Waals surface area contributed by atoms with Crippen LogP contribution in [0.15, 0.2) is 79.0 Å². The Morgan fingerprint density at radius 2 is 1.75 bits per heavy atom. The van der Waals surface area contributed by atoms with Crippen molar-refractivity contribution in [2.75, 3.05) is 32.5 Å². The van der Waals surface area contributed by atoms with Gasteiger partial charge in [0.25, 0.3) is 0 Å². The molecule has 1 saturated heterocycles. The van der Waals surface area contributed by atoms with Gasteiger partial charge in [-0.15, -0.1) is 0 Å². The number of aryl methyl sites for hydroxylation is 1. The number of aromatic nitrogens is 4. The first-order valence-corrected chi connectivity index (χ1v) is 15.6. The molecule has 2 aliphatic rings. The Morgan fingerprint density at radius 1 is 0.955 bits per heavy atom. The summed E-state index contributed by atoms with van der Waals surface area (Å²) in [6.45, 7) is 5.43. The Kier molecular flexibility index (Phi) is 7.60. The van der Waals surface area contributed by atoms with Crippen molar-refractivity contribution >= 4 is 23.0 Å². The summed E-state index contributed by atoms with van der Waals surface area (Å²) in [5.41, 5.74) is 14.3. The number of nitrogen functional groups attached to an aromatic ring is 1. The number of esters is 1. The van der Waals surface area contributed by atoms with Gasteiger partial charge in [-0.3, -0.25) is 9.36 Å². The monoisotopic (exact) mass is 586 g/mol. The van der Waals surface area contributed by atoms with Crippen molar-refractivity contribution in [2.24, 2.45) is 11.8 Å². The van der Waals surface area contributed by atoms with Crippen molar-refractivity contribution in [1.82, 2.24) is 24.4 Å². The predicted octanol–water partition coefficient (Wildman–Crippen LogP) is 6.42. The number of methoxy groups -OCH3 is 1. The van der Waals surface area contributed by atoms with E-state index in [1.165, 1.54) is 12.7 Å². The summed E-state index contributed by atoms with van der Waals surface area (Å²) in [5, 5.41) is 0. The Morgan fingerprint density at radius 3 is 2.48 bits per heavy atom. The van der Waals surface area contributed by atoms with Gasteiger partial charge in [0.1, 0.15) is 11.3 Å². The molecule has 1 aliphatic carbocycles. The van der Waals surface area contributed by atoms with E-state index in [1.807, 2.05) is 42.5 Å². The zero-order valence-electron chi connectivity index (χ0n) is 25.3. The van der Waals surface area contributed by atoms with Gasteiger partial charge in [0.05, 0.1) is 30.0 Å². The Hall–Kier alpha value is -4.56. The number of ether oxygens (including phenoxy) is 1. The minimum Gasteiger partial charge on any atom is -0.469 e. The van der Waals surface area contributed by atoms with E-state index >= 15 is 0 Å². The van der Waals surface area contributed by atoms with Crippen molar-refractivity contribution in [3.8, 4) is 28.3 Å². The number of rotatable bonds is 7. The van der Waals surface area contributed by atoms with Gasteiger partial charge >= 0.3 is 5.97 Å². The van der Waals surface area contributed by atoms with Gasteiger partial charge < -0.3 is 15.4 Å². The fourth-order valence-electron chi connectivity index (χ4n) is 6.97. The van der Waals surface area contributed by atoms with Crippen LogP contribution in [0.3, 0.4) is 0 Å². The van der Waals surface area contributed by atoms with E-state index in [-0.39, 0.29) is 11.9 Å². The third-order valence-electron chi connectivity index (χ3n) is 9.44. The number of hydrogen-bond donors (Lipinski definition) is 1. The number of carbonyl (C=O) groups excluding carboxylic acids is 1. The molecule has 0 atom stereocenters. The maximum Gasteiger partial charge on any atom is 0.308 e. The van der Waals surface area contributed by atoms with E-state index in [2.05, 4.69) is 51.7 Å². The van der Waals surface area contributed by atoms with E-state index < -0.39 is 0 Å². The molecule has 0 spiro atoms. The van der Waals surface area contributed by atoms with Crippen LogP contribution in [0.2, 0.25) is 0 Å². The second-order valence-corrected chi connectivity index (χ2v) is 12.3. The summed E-state index contributed by atoms with van der Waals surface area (Å²) in [5.74, 6) is 2.40. The summed E-state index contributed by atoms with van der Waals surface area (Å²) >= 11 is 0. The number of pyridine rings is 2. The van der Waals surface area contributed by atoms with Crippen molar-refractivity contribution < 1.29 is 9.53 Å². The SMILES string of the molecule is COC(=O)C1CCC(CN2CC(c3ccc(-n4c(-c5cccnc5N)nc5ccc(-c6ccccc6)nc54)c(C)c3)C2)CC1. The molecule has 5 aromatic rings. The summed E-state index contributed by atoms with van der Waals surface area (Å²) in [4.78, 5) is 28.9. The molecule has 224 valence electrons. The molecule has 2 fully saturated rings. The third-order valence-corrected chi connectivity index (χ3v) is 9.44. The van der Waals surface area contributed by atoms with Crippen molar-refractivity contribution in [2.45, 2.75) is 38.5 Å². The van der Waals surface area contributed by atoms with Crippen LogP contribution in [-0.2, 0) is 9.53 Å². The zero-order valence-corrected chi connectivity index (χ0v) is 25.3. The molecule has 0 bridgehead atoms. The lowest BCUT2D eigenvalue weighted by Gasteiger charge is -2.42. The van der Waals surface area contributed by atoms with Gasteiger partial charge in [-0.1, -0.05) is 42.5 Å². The second kappa shape index (κ2) is 11.8. The molecule has 44 heavy (non-hydrogen) atoms. The van der Waals surface area contributed by atoms with Gasteiger partial charge in [-0.25, -0.2) is 15.0 Å². The normalized spacial score (nSPS) is 19.1. The second-order valence-electron chi connectivity index (χ2n) is 12.3. The largest absolute Gasteiger partial charge is 0.469 e. The minimum atomic E-state index is -0.0431. The van der Waals surface area contributed by atoms with Crippen molar-refractivity contribution in [3.05, 3.63) is 90.1 Å². The molecule has 4 heterocycles. The molecule has 0 unspecified atom stereocenters. The molecule has 3 aromatic heterocycles. The lowest BCUT2D eigenvalue weighted by Crippen LogP contribution is -2.47. The number of carbonyl (C=O) groups is 1. The Bertz CT molecular complexity index is 1800. The number of nitrogens with two attached hydrogens (primary N) is 1. The molecule has 1 aliphatic heterocycles. The first-order chi connectivity index (χ1) is 21.5. The van der Waals surface area contributed by atoms with Crippen LogP contribution in [0.1, 0.15) is 42.7 Å². The first-order valence-electron chi connectivity index (χ1n) is 15.6. The highest BCUT2D eigenvalue weighted by molar-refractivity contribution is 5.85. The number of anilines is 1. The molecule has 1 saturated carbocycles. The molecule has 2 aromatic carbocycles. The topological polar surface area (TPSA) is 99.2 Å². The molecule has 7 rings (SSSR count). The van der Waals surface area contributed by atoms with E-state index in [4.69, 9.17) is 20.4 Å². The van der Waals surface area contributed by atoms with Crippen LogP contribution in [0.5, 0.6) is 0 Å². The van der Waals surface area contributed by atoms with Crippen LogP contribution in [0.25, 0.3) is 39.5 Å². The van der Waals surface area contributed by atoms with Gasteiger partial charge in [0.15, 0.2) is 11.5 Å². The lowest BCUT2D eigenvalue weighted by atomic mass is 9.80. The van der Waals surface area contributed by atoms with Gasteiger partial charge in [-0.2, -0.15) is 0 Å². The van der Waals surface area contributed by atoms with Gasteiger partial charge in [-0.05, 0) is 80.0 Å². The molecule has 2 N–H and O–H groups in total. The number of likely N-dealkylation sites (tertiary alicyclic amines) is 1. The smallest absolute Gasteiger partial charge is 0.308 e. The van der Waals surface area contributed by atoms with Crippen LogP contribution < -0.4 is 5.73 Å². The Balaban J connectivity index is 1.15. The fourth-order valence-corrected chi connectivity index (χ4v) is 6.97. The zero-order chi connectivity index (χ0) is 30.2. The molecule has 8 nitrogen and oxygen atoms in total. The Labute approximate surface area is 257 Å². The predicted molar refractivity (Wildman–Crippen MR) is 173 cm³/mol. The van der Waals surface area contributed by atoms with Gasteiger partial charge in [0, 0.05) is 37.3 Å². The maximum atomic E-state index is 11.9. The molecular weight excluding hydrogens is 548 g/mol. The highest BCUT2D eigenvalue weighted by atomic mass is 16.5. The van der Waals surface area contributed by atoms with Crippen molar-refractivity contribution in [1.29, 1.82) is 0 Å². The highest BCUT2D eigenvalue weighted by Crippen LogP contribution is 2.36. The fraction of sp³-hybridized carbons (Fsp3) is 0.333. The summed E-state index contributed by atoms with van der Waals surface area (Å²) in [7, 11) is 1.49. The number of hydrogen-bond acceptors (Lipinski definition) is 7. The lowest BCUT2D eigenvalue weighted by molar-refractivity contribution is -0.146. The van der Waals surface area contributed by atoms with Crippen molar-refractivity contribution in [3.63, 3.8) is 0 Å². The van der Waals surface area contributed by atoms with Crippen LogP contribution in [-0.4, -0.2) is 57.1 Å². The molecule has 0 amide bonds. The van der Waals surface area contributed by atoms with Crippen LogP contribution in [0, 0.1) is 18.8 Å². The van der Waals surface area contributed by atoms with E-state index in [0.717, 1.165) is 90.4 Å². The average molecular weight is 587 g/mol. The minimum absolute atomic E-state index is 0.0431. The summed E-state index contributed by atoms with van der Waals surface area (Å²) < 4.78 is 7.09. The third kappa shape index (κ3) is 5.35. The van der Waals surface area contributed by atoms with E-state index in [1.54, 1.807) is 6.20 Å². The summed E-state index contributed by atoms with van der Waals surface area (Å²) in [6.07, 6.45) is 5.82. The average Bonchev–Trinajstić information content (AvgIpc) is 3.41. The number of benzene rings is 2. The number of nitrogens with zero attached hydrogens (tertiary/aromatic N) is 5. The van der Waals surface area contributed by atoms with Crippen LogP contribution in [0.4, 0.5) is 5.82 Å². The molecular formula is C36H38N6O2. The first kappa shape index (κ1) is 28.2. The maximum absolute atomic E-state index is 11.9. The van der Waals surface area contributed by atoms with E-state index in [0.29, 0.717) is 17.7 Å². The molecule has 8 heteroatoms.